The molecule has 6 heteroatoms. The Morgan fingerprint density at radius 3 is 2.55 bits per heavy atom. The molecule has 0 fully saturated rings. The standard InChI is InChI=1S/C14H11BrClFN2O/c1-7-6-8(16)2-4-10(7)20-11-5-3-9(14(18)19)12(15)13(11)17/h2-6H,1H3,(H3,18,19). The van der Waals surface area contributed by atoms with Crippen LogP contribution in [0.15, 0.2) is 34.8 Å². The van der Waals surface area contributed by atoms with E-state index in [1.165, 1.54) is 12.1 Å². The van der Waals surface area contributed by atoms with Crippen LogP contribution < -0.4 is 10.5 Å². The second-order valence-corrected chi connectivity index (χ2v) is 5.39. The quantitative estimate of drug-likeness (QED) is 0.621. The highest BCUT2D eigenvalue weighted by atomic mass is 79.9. The molecule has 0 saturated carbocycles. The van der Waals surface area contributed by atoms with Crippen molar-refractivity contribution >= 4 is 33.4 Å². The smallest absolute Gasteiger partial charge is 0.180 e. The highest BCUT2D eigenvalue weighted by Crippen LogP contribution is 2.33. The molecule has 20 heavy (non-hydrogen) atoms. The Morgan fingerprint density at radius 2 is 1.95 bits per heavy atom. The first-order valence-corrected chi connectivity index (χ1v) is 6.83. The Balaban J connectivity index is 2.39. The second-order valence-electron chi connectivity index (χ2n) is 4.16. The van der Waals surface area contributed by atoms with E-state index in [2.05, 4.69) is 15.9 Å². The highest BCUT2D eigenvalue weighted by Gasteiger charge is 2.15. The van der Waals surface area contributed by atoms with E-state index in [9.17, 15) is 4.39 Å². The number of hydrogen-bond acceptors (Lipinski definition) is 2. The van der Waals surface area contributed by atoms with Gasteiger partial charge < -0.3 is 10.5 Å². The Hall–Kier alpha value is -1.59. The summed E-state index contributed by atoms with van der Waals surface area (Å²) in [5.74, 6) is -0.264. The second kappa shape index (κ2) is 5.81. The minimum Gasteiger partial charge on any atom is -0.454 e. The zero-order valence-electron chi connectivity index (χ0n) is 10.5. The number of aryl methyl sites for hydroxylation is 1. The lowest BCUT2D eigenvalue weighted by atomic mass is 10.2. The van der Waals surface area contributed by atoms with Crippen molar-refractivity contribution in [1.29, 1.82) is 5.41 Å². The summed E-state index contributed by atoms with van der Waals surface area (Å²) in [5.41, 5.74) is 6.43. The average Bonchev–Trinajstić information content (AvgIpc) is 2.37. The van der Waals surface area contributed by atoms with Crippen LogP contribution in [0.2, 0.25) is 5.02 Å². The topological polar surface area (TPSA) is 59.1 Å². The van der Waals surface area contributed by atoms with E-state index in [-0.39, 0.29) is 21.6 Å². The summed E-state index contributed by atoms with van der Waals surface area (Å²) in [5, 5.41) is 7.93. The van der Waals surface area contributed by atoms with E-state index in [0.717, 1.165) is 5.56 Å². The predicted molar refractivity (Wildman–Crippen MR) is 81.4 cm³/mol. The molecule has 3 nitrogen and oxygen atoms in total. The average molecular weight is 358 g/mol. The number of ether oxygens (including phenoxy) is 1. The zero-order chi connectivity index (χ0) is 14.9. The number of rotatable bonds is 3. The summed E-state index contributed by atoms with van der Waals surface area (Å²) in [6.45, 7) is 1.82. The third-order valence-corrected chi connectivity index (χ3v) is 3.70. The van der Waals surface area contributed by atoms with Gasteiger partial charge in [-0.1, -0.05) is 11.6 Å². The van der Waals surface area contributed by atoms with Crippen LogP contribution in [0.3, 0.4) is 0 Å². The van der Waals surface area contributed by atoms with Crippen LogP contribution in [-0.2, 0) is 0 Å². The number of nitrogens with one attached hydrogen (secondary N) is 1. The normalized spacial score (nSPS) is 10.4. The van der Waals surface area contributed by atoms with Crippen molar-refractivity contribution in [2.45, 2.75) is 6.92 Å². The molecular formula is C14H11BrClFN2O. The molecule has 0 amide bonds. The summed E-state index contributed by atoms with van der Waals surface area (Å²) in [4.78, 5) is 0. The summed E-state index contributed by atoms with van der Waals surface area (Å²) in [6.07, 6.45) is 0. The number of halogens is 3. The number of amidine groups is 1. The molecule has 2 rings (SSSR count). The first-order valence-electron chi connectivity index (χ1n) is 5.66. The fourth-order valence-electron chi connectivity index (χ4n) is 1.66. The first kappa shape index (κ1) is 14.8. The molecule has 0 heterocycles. The van der Waals surface area contributed by atoms with Gasteiger partial charge in [0.15, 0.2) is 11.6 Å². The fraction of sp³-hybridized carbons (Fsp3) is 0.0714. The van der Waals surface area contributed by atoms with Gasteiger partial charge in [0.1, 0.15) is 11.6 Å². The van der Waals surface area contributed by atoms with Crippen molar-refractivity contribution in [3.05, 3.63) is 56.8 Å². The molecule has 0 saturated heterocycles. The maximum absolute atomic E-state index is 14.2. The van der Waals surface area contributed by atoms with Gasteiger partial charge in [-0.3, -0.25) is 5.41 Å². The minimum atomic E-state index is -0.605. The summed E-state index contributed by atoms with van der Waals surface area (Å²) >= 11 is 8.94. The van der Waals surface area contributed by atoms with Crippen LogP contribution in [0.1, 0.15) is 11.1 Å². The molecule has 2 aromatic rings. The van der Waals surface area contributed by atoms with Crippen LogP contribution in [-0.4, -0.2) is 5.84 Å². The van der Waals surface area contributed by atoms with Crippen LogP contribution in [0.4, 0.5) is 4.39 Å². The number of hydrogen-bond donors (Lipinski definition) is 2. The van der Waals surface area contributed by atoms with Crippen molar-refractivity contribution in [2.24, 2.45) is 5.73 Å². The Bertz CT molecular complexity index is 691. The largest absolute Gasteiger partial charge is 0.454 e. The molecule has 0 aliphatic heterocycles. The van der Waals surface area contributed by atoms with E-state index in [1.807, 2.05) is 6.92 Å². The SMILES string of the molecule is Cc1cc(Cl)ccc1Oc1ccc(C(=N)N)c(Br)c1F. The molecule has 0 bridgehead atoms. The van der Waals surface area contributed by atoms with Gasteiger partial charge in [0.05, 0.1) is 4.47 Å². The molecule has 0 radical (unpaired) electrons. The van der Waals surface area contributed by atoms with Gasteiger partial charge in [-0.05, 0) is 58.7 Å². The van der Waals surface area contributed by atoms with Crippen molar-refractivity contribution in [3.8, 4) is 11.5 Å². The molecule has 0 atom stereocenters. The van der Waals surface area contributed by atoms with E-state index >= 15 is 0 Å². The number of nitrogens with two attached hydrogens (primary N) is 1. The monoisotopic (exact) mass is 356 g/mol. The molecule has 3 N–H and O–H groups in total. The van der Waals surface area contributed by atoms with E-state index in [1.54, 1.807) is 18.2 Å². The van der Waals surface area contributed by atoms with Crippen LogP contribution in [0, 0.1) is 18.2 Å². The third kappa shape index (κ3) is 2.94. The number of benzene rings is 2. The van der Waals surface area contributed by atoms with Gasteiger partial charge in [-0.15, -0.1) is 0 Å². The Morgan fingerprint density at radius 1 is 1.30 bits per heavy atom. The van der Waals surface area contributed by atoms with Crippen molar-refractivity contribution in [1.82, 2.24) is 0 Å². The summed E-state index contributed by atoms with van der Waals surface area (Å²) in [6, 6.07) is 8.03. The molecule has 0 aliphatic rings. The van der Waals surface area contributed by atoms with Crippen molar-refractivity contribution in [3.63, 3.8) is 0 Å². The fourth-order valence-corrected chi connectivity index (χ4v) is 2.43. The van der Waals surface area contributed by atoms with Gasteiger partial charge in [-0.2, -0.15) is 0 Å². The zero-order valence-corrected chi connectivity index (χ0v) is 12.8. The maximum Gasteiger partial charge on any atom is 0.180 e. The Kier molecular flexibility index (Phi) is 4.30. The molecule has 0 aromatic heterocycles. The lowest BCUT2D eigenvalue weighted by Crippen LogP contribution is -2.12. The lowest BCUT2D eigenvalue weighted by Gasteiger charge is -2.12. The van der Waals surface area contributed by atoms with Crippen LogP contribution in [0.5, 0.6) is 11.5 Å². The van der Waals surface area contributed by atoms with Gasteiger partial charge in [0.2, 0.25) is 0 Å². The molecule has 2 aromatic carbocycles. The van der Waals surface area contributed by atoms with Crippen LogP contribution in [0.25, 0.3) is 0 Å². The van der Waals surface area contributed by atoms with Crippen LogP contribution >= 0.6 is 27.5 Å². The van der Waals surface area contributed by atoms with E-state index < -0.39 is 5.82 Å². The van der Waals surface area contributed by atoms with Gasteiger partial charge in [0.25, 0.3) is 0 Å². The molecule has 0 spiro atoms. The van der Waals surface area contributed by atoms with E-state index in [0.29, 0.717) is 10.8 Å². The maximum atomic E-state index is 14.2. The Labute approximate surface area is 129 Å². The van der Waals surface area contributed by atoms with Gasteiger partial charge in [0, 0.05) is 10.6 Å². The first-order chi connectivity index (χ1) is 9.40. The summed E-state index contributed by atoms with van der Waals surface area (Å²) in [7, 11) is 0. The van der Waals surface area contributed by atoms with Gasteiger partial charge in [-0.25, -0.2) is 4.39 Å². The third-order valence-electron chi connectivity index (χ3n) is 2.69. The molecule has 0 unspecified atom stereocenters. The minimum absolute atomic E-state index is 0.0484. The lowest BCUT2D eigenvalue weighted by molar-refractivity contribution is 0.437. The van der Waals surface area contributed by atoms with Crippen molar-refractivity contribution < 1.29 is 9.13 Å². The van der Waals surface area contributed by atoms with Gasteiger partial charge >= 0.3 is 0 Å². The van der Waals surface area contributed by atoms with E-state index in [4.69, 9.17) is 27.5 Å². The highest BCUT2D eigenvalue weighted by molar-refractivity contribution is 9.10. The summed E-state index contributed by atoms with van der Waals surface area (Å²) < 4.78 is 19.8. The predicted octanol–water partition coefficient (Wildman–Crippen LogP) is 4.63. The molecule has 104 valence electrons. The molecular weight excluding hydrogens is 347 g/mol. The molecule has 0 aliphatic carbocycles. The number of nitrogen functional groups attached to an aromatic ring is 1. The van der Waals surface area contributed by atoms with Crippen molar-refractivity contribution in [2.75, 3.05) is 0 Å².